The maximum Gasteiger partial charge on any atom is 0.331 e. The molecule has 1 fully saturated rings. The van der Waals surface area contributed by atoms with Gasteiger partial charge < -0.3 is 5.11 Å². The second kappa shape index (κ2) is 4.94. The molecule has 1 aliphatic rings. The minimum absolute atomic E-state index is 0.137. The third-order valence-corrected chi connectivity index (χ3v) is 3.97. The van der Waals surface area contributed by atoms with Crippen LogP contribution in [0.25, 0.3) is 11.1 Å². The summed E-state index contributed by atoms with van der Waals surface area (Å²) >= 11 is 3.32. The zero-order chi connectivity index (χ0) is 14.3. The second-order valence-electron chi connectivity index (χ2n) is 5.02. The second-order valence-corrected chi connectivity index (χ2v) is 5.93. The van der Waals surface area contributed by atoms with Crippen LogP contribution in [0.3, 0.4) is 0 Å². The Kier molecular flexibility index (Phi) is 3.25. The summed E-state index contributed by atoms with van der Waals surface area (Å²) in [6.07, 6.45) is 2.11. The quantitative estimate of drug-likeness (QED) is 0.901. The molecule has 0 aliphatic heterocycles. The number of aromatic nitrogens is 2. The summed E-state index contributed by atoms with van der Waals surface area (Å²) in [5.41, 5.74) is -0.406. The molecule has 0 spiro atoms. The van der Waals surface area contributed by atoms with Gasteiger partial charge in [-0.05, 0) is 36.5 Å². The first-order valence-electron chi connectivity index (χ1n) is 6.38. The molecule has 1 heterocycles. The van der Waals surface area contributed by atoms with Crippen LogP contribution in [0.1, 0.15) is 12.8 Å². The van der Waals surface area contributed by atoms with E-state index < -0.39 is 11.2 Å². The van der Waals surface area contributed by atoms with Crippen molar-refractivity contribution >= 4 is 15.9 Å². The summed E-state index contributed by atoms with van der Waals surface area (Å²) < 4.78 is 2.12. The summed E-state index contributed by atoms with van der Waals surface area (Å²) in [7, 11) is 0. The summed E-state index contributed by atoms with van der Waals surface area (Å²) in [5.74, 6) is 0.162. The molecule has 0 unspecified atom stereocenters. The van der Waals surface area contributed by atoms with Gasteiger partial charge >= 0.3 is 5.69 Å². The van der Waals surface area contributed by atoms with Gasteiger partial charge in [0, 0.05) is 11.0 Å². The van der Waals surface area contributed by atoms with Gasteiger partial charge in [0.2, 0.25) is 5.88 Å². The summed E-state index contributed by atoms with van der Waals surface area (Å²) in [5, 5.41) is 10.3. The molecule has 5 nitrogen and oxygen atoms in total. The number of H-pyrrole nitrogens is 1. The monoisotopic (exact) mass is 336 g/mol. The summed E-state index contributed by atoms with van der Waals surface area (Å²) in [4.78, 5) is 26.0. The van der Waals surface area contributed by atoms with Crippen LogP contribution in [0.15, 0.2) is 38.3 Å². The topological polar surface area (TPSA) is 75.1 Å². The molecular weight excluding hydrogens is 324 g/mol. The highest BCUT2D eigenvalue weighted by Crippen LogP contribution is 2.32. The van der Waals surface area contributed by atoms with Gasteiger partial charge in [0.25, 0.3) is 5.56 Å². The standard InChI is InChI=1S/C14H13BrN2O3/c15-10-5-3-9(4-6-10)11-12(18)16-14(20)17(13(11)19)7-8-1-2-8/h3-6,8,19H,1-2,7H2,(H,16,18,20). The molecule has 0 bridgehead atoms. The lowest BCUT2D eigenvalue weighted by Crippen LogP contribution is -2.31. The van der Waals surface area contributed by atoms with Gasteiger partial charge in [0.1, 0.15) is 5.56 Å². The fourth-order valence-electron chi connectivity index (χ4n) is 2.16. The number of aromatic hydroxyl groups is 1. The summed E-state index contributed by atoms with van der Waals surface area (Å²) in [6.45, 7) is 0.449. The largest absolute Gasteiger partial charge is 0.494 e. The molecule has 0 atom stereocenters. The van der Waals surface area contributed by atoms with Crippen LogP contribution in [0, 0.1) is 5.92 Å². The predicted octanol–water partition coefficient (Wildman–Crippen LogP) is 2.08. The van der Waals surface area contributed by atoms with E-state index in [1.807, 2.05) is 0 Å². The Labute approximate surface area is 123 Å². The van der Waals surface area contributed by atoms with Crippen molar-refractivity contribution in [3.63, 3.8) is 0 Å². The molecule has 2 aromatic rings. The van der Waals surface area contributed by atoms with Gasteiger partial charge in [-0.3, -0.25) is 14.3 Å². The Morgan fingerprint density at radius 1 is 1.25 bits per heavy atom. The lowest BCUT2D eigenvalue weighted by Gasteiger charge is -2.11. The molecular formula is C14H13BrN2O3. The van der Waals surface area contributed by atoms with Crippen molar-refractivity contribution in [2.75, 3.05) is 0 Å². The number of nitrogens with zero attached hydrogens (tertiary/aromatic N) is 1. The molecule has 6 heteroatoms. The number of halogens is 1. The van der Waals surface area contributed by atoms with Gasteiger partial charge in [0.05, 0.1) is 0 Å². The Balaban J connectivity index is 2.16. The van der Waals surface area contributed by atoms with Crippen molar-refractivity contribution in [1.29, 1.82) is 0 Å². The van der Waals surface area contributed by atoms with E-state index in [9.17, 15) is 14.7 Å². The lowest BCUT2D eigenvalue weighted by atomic mass is 10.1. The molecule has 1 aliphatic carbocycles. The highest BCUT2D eigenvalue weighted by molar-refractivity contribution is 9.10. The highest BCUT2D eigenvalue weighted by atomic mass is 79.9. The van der Waals surface area contributed by atoms with E-state index in [0.717, 1.165) is 17.3 Å². The van der Waals surface area contributed by atoms with Crippen molar-refractivity contribution in [3.05, 3.63) is 49.6 Å². The molecule has 2 N–H and O–H groups in total. The average Bonchev–Trinajstić information content (AvgIpc) is 3.20. The number of hydrogen-bond donors (Lipinski definition) is 2. The van der Waals surface area contributed by atoms with Crippen molar-refractivity contribution < 1.29 is 5.11 Å². The fraction of sp³-hybridized carbons (Fsp3) is 0.286. The van der Waals surface area contributed by atoms with Gasteiger partial charge in [-0.1, -0.05) is 28.1 Å². The highest BCUT2D eigenvalue weighted by Gasteiger charge is 2.25. The molecule has 0 radical (unpaired) electrons. The molecule has 3 rings (SSSR count). The number of benzene rings is 1. The first-order chi connectivity index (χ1) is 9.56. The smallest absolute Gasteiger partial charge is 0.331 e. The SMILES string of the molecule is O=c1[nH]c(=O)n(CC2CC2)c(O)c1-c1ccc(Br)cc1. The van der Waals surface area contributed by atoms with Gasteiger partial charge in [-0.2, -0.15) is 0 Å². The molecule has 1 aromatic carbocycles. The van der Waals surface area contributed by atoms with Crippen LogP contribution < -0.4 is 11.2 Å². The van der Waals surface area contributed by atoms with E-state index in [1.54, 1.807) is 24.3 Å². The van der Waals surface area contributed by atoms with Gasteiger partial charge in [-0.15, -0.1) is 0 Å². The zero-order valence-electron chi connectivity index (χ0n) is 10.6. The van der Waals surface area contributed by atoms with Crippen LogP contribution >= 0.6 is 15.9 Å². The average molecular weight is 337 g/mol. The van der Waals surface area contributed by atoms with Crippen LogP contribution in [0.4, 0.5) is 0 Å². The first-order valence-corrected chi connectivity index (χ1v) is 7.17. The predicted molar refractivity (Wildman–Crippen MR) is 78.8 cm³/mol. The Morgan fingerprint density at radius 2 is 1.90 bits per heavy atom. The van der Waals surface area contributed by atoms with Crippen molar-refractivity contribution in [1.82, 2.24) is 9.55 Å². The first kappa shape index (κ1) is 13.2. The van der Waals surface area contributed by atoms with E-state index in [1.165, 1.54) is 4.57 Å². The Bertz CT molecular complexity index is 757. The minimum Gasteiger partial charge on any atom is -0.494 e. The van der Waals surface area contributed by atoms with E-state index in [2.05, 4.69) is 20.9 Å². The van der Waals surface area contributed by atoms with Crippen LogP contribution in [-0.4, -0.2) is 14.7 Å². The normalized spacial score (nSPS) is 14.4. The van der Waals surface area contributed by atoms with Crippen molar-refractivity contribution in [2.45, 2.75) is 19.4 Å². The Hall–Kier alpha value is -1.82. The van der Waals surface area contributed by atoms with Crippen LogP contribution in [0.5, 0.6) is 5.88 Å². The molecule has 0 saturated heterocycles. The molecule has 1 saturated carbocycles. The van der Waals surface area contributed by atoms with E-state index in [-0.39, 0.29) is 11.4 Å². The molecule has 1 aromatic heterocycles. The molecule has 20 heavy (non-hydrogen) atoms. The number of rotatable bonds is 3. The maximum absolute atomic E-state index is 12.0. The van der Waals surface area contributed by atoms with Crippen LogP contribution in [0.2, 0.25) is 0 Å². The van der Waals surface area contributed by atoms with E-state index >= 15 is 0 Å². The minimum atomic E-state index is -0.568. The summed E-state index contributed by atoms with van der Waals surface area (Å²) in [6, 6.07) is 7.01. The number of aromatic amines is 1. The van der Waals surface area contributed by atoms with Crippen molar-refractivity contribution in [3.8, 4) is 17.0 Å². The molecule has 0 amide bonds. The Morgan fingerprint density at radius 3 is 2.50 bits per heavy atom. The third-order valence-electron chi connectivity index (χ3n) is 3.44. The number of hydrogen-bond acceptors (Lipinski definition) is 3. The maximum atomic E-state index is 12.0. The van der Waals surface area contributed by atoms with Gasteiger partial charge in [0.15, 0.2) is 0 Å². The third kappa shape index (κ3) is 2.43. The lowest BCUT2D eigenvalue weighted by molar-refractivity contribution is 0.395. The zero-order valence-corrected chi connectivity index (χ0v) is 12.2. The van der Waals surface area contributed by atoms with E-state index in [0.29, 0.717) is 18.0 Å². The van der Waals surface area contributed by atoms with Crippen molar-refractivity contribution in [2.24, 2.45) is 5.92 Å². The van der Waals surface area contributed by atoms with Crippen LogP contribution in [-0.2, 0) is 6.54 Å². The number of nitrogens with one attached hydrogen (secondary N) is 1. The molecule has 104 valence electrons. The van der Waals surface area contributed by atoms with Gasteiger partial charge in [-0.25, -0.2) is 4.79 Å². The fourth-order valence-corrected chi connectivity index (χ4v) is 2.43. The van der Waals surface area contributed by atoms with E-state index in [4.69, 9.17) is 0 Å².